The average molecular weight is 859 g/mol. The Labute approximate surface area is 378 Å². The third-order valence-corrected chi connectivity index (χ3v) is 12.9. The van der Waals surface area contributed by atoms with E-state index in [0.717, 1.165) is 83.1 Å². The van der Waals surface area contributed by atoms with Gasteiger partial charge in [-0.1, -0.05) is 121 Å². The van der Waals surface area contributed by atoms with Gasteiger partial charge in [0.1, 0.15) is 0 Å². The Balaban J connectivity index is 1.28. The fourth-order valence-electron chi connectivity index (χ4n) is 9.97. The van der Waals surface area contributed by atoms with Crippen LogP contribution in [0.25, 0.3) is 99.5 Å². The van der Waals surface area contributed by atoms with Gasteiger partial charge in [0.05, 0.1) is 62.3 Å². The van der Waals surface area contributed by atoms with Crippen molar-refractivity contribution in [3.05, 3.63) is 216 Å². The molecule has 0 aliphatic rings. The molecule has 0 radical (unpaired) electrons. The van der Waals surface area contributed by atoms with E-state index in [1.807, 2.05) is 84.9 Å². The second-order valence-corrected chi connectivity index (χ2v) is 16.7. The van der Waals surface area contributed by atoms with Crippen molar-refractivity contribution in [2.45, 2.75) is 20.0 Å². The van der Waals surface area contributed by atoms with Gasteiger partial charge in [-0.25, -0.2) is 0 Å². The van der Waals surface area contributed by atoms with Gasteiger partial charge in [0, 0.05) is 32.7 Å². The largest absolute Gasteiger partial charge is 0.417 e. The molecule has 11 aromatic rings. The van der Waals surface area contributed by atoms with Gasteiger partial charge in [-0.3, -0.25) is 0 Å². The van der Waals surface area contributed by atoms with Gasteiger partial charge in [-0.05, 0) is 125 Å². The first-order valence-corrected chi connectivity index (χ1v) is 21.6. The predicted molar refractivity (Wildman–Crippen MR) is 261 cm³/mol. The molecule has 0 atom stereocenters. The van der Waals surface area contributed by atoms with Gasteiger partial charge in [0.2, 0.25) is 0 Å². The molecule has 2 aromatic heterocycles. The second kappa shape index (κ2) is 15.6. The lowest BCUT2D eigenvalue weighted by atomic mass is 9.86. The van der Waals surface area contributed by atoms with Crippen molar-refractivity contribution >= 4 is 43.6 Å². The number of nitriles is 2. The number of nitrogens with zero attached hydrogens (tertiary/aromatic N) is 4. The second-order valence-electron chi connectivity index (χ2n) is 16.7. The Morgan fingerprint density at radius 1 is 0.409 bits per heavy atom. The highest BCUT2D eigenvalue weighted by molar-refractivity contribution is 6.13. The smallest absolute Gasteiger partial charge is 0.309 e. The minimum atomic E-state index is -4.81. The van der Waals surface area contributed by atoms with Crippen LogP contribution in [0.2, 0.25) is 0 Å². The summed E-state index contributed by atoms with van der Waals surface area (Å²) in [6.45, 7) is 4.18. The van der Waals surface area contributed by atoms with E-state index in [0.29, 0.717) is 22.5 Å². The third-order valence-electron chi connectivity index (χ3n) is 12.9. The van der Waals surface area contributed by atoms with E-state index in [2.05, 4.69) is 102 Å². The summed E-state index contributed by atoms with van der Waals surface area (Å²) in [6, 6.07) is 64.4. The first kappa shape index (κ1) is 40.1. The molecule has 9 aromatic carbocycles. The zero-order chi connectivity index (χ0) is 45.3. The molecule has 0 spiro atoms. The van der Waals surface area contributed by atoms with E-state index in [-0.39, 0.29) is 22.3 Å². The fraction of sp³-hybridized carbons (Fsp3) is 0.0508. The Hall–Kier alpha value is -8.65. The summed E-state index contributed by atoms with van der Waals surface area (Å²) in [6.07, 6.45) is -4.81. The fourth-order valence-corrected chi connectivity index (χ4v) is 9.97. The Morgan fingerprint density at radius 2 is 0.894 bits per heavy atom. The Bertz CT molecular complexity index is 3870. The zero-order valence-electron chi connectivity index (χ0n) is 35.8. The van der Waals surface area contributed by atoms with E-state index >= 15 is 13.2 Å². The maximum absolute atomic E-state index is 15.4. The number of halogens is 3. The summed E-state index contributed by atoms with van der Waals surface area (Å²) in [5.74, 6) is 0. The van der Waals surface area contributed by atoms with Gasteiger partial charge >= 0.3 is 6.18 Å². The van der Waals surface area contributed by atoms with E-state index in [1.165, 1.54) is 12.1 Å². The van der Waals surface area contributed by atoms with Crippen molar-refractivity contribution in [3.8, 4) is 68.0 Å². The van der Waals surface area contributed by atoms with Gasteiger partial charge in [-0.2, -0.15) is 23.7 Å². The van der Waals surface area contributed by atoms with Gasteiger partial charge < -0.3 is 9.13 Å². The summed E-state index contributed by atoms with van der Waals surface area (Å²) in [4.78, 5) is 0. The van der Waals surface area contributed by atoms with E-state index in [9.17, 15) is 10.5 Å². The molecule has 0 aliphatic heterocycles. The van der Waals surface area contributed by atoms with Crippen molar-refractivity contribution in [3.63, 3.8) is 0 Å². The summed E-state index contributed by atoms with van der Waals surface area (Å²) in [5, 5.41) is 24.9. The van der Waals surface area contributed by atoms with Gasteiger partial charge in [-0.15, -0.1) is 0 Å². The minimum absolute atomic E-state index is 0.107. The van der Waals surface area contributed by atoms with E-state index < -0.39 is 11.7 Å². The number of fused-ring (bicyclic) bond motifs is 6. The lowest BCUT2D eigenvalue weighted by molar-refractivity contribution is -0.137. The van der Waals surface area contributed by atoms with Crippen molar-refractivity contribution < 1.29 is 13.2 Å². The van der Waals surface area contributed by atoms with Crippen molar-refractivity contribution in [1.29, 1.82) is 10.5 Å². The van der Waals surface area contributed by atoms with E-state index in [1.54, 1.807) is 18.2 Å². The molecular weight excluding hydrogens is 822 g/mol. The Kier molecular flexibility index (Phi) is 9.46. The van der Waals surface area contributed by atoms with Crippen LogP contribution in [-0.2, 0) is 6.18 Å². The lowest BCUT2D eigenvalue weighted by Crippen LogP contribution is -2.09. The predicted octanol–water partition coefficient (Wildman–Crippen LogP) is 15.9. The molecular formula is C59H37F3N4. The molecule has 0 amide bonds. The third kappa shape index (κ3) is 6.36. The summed E-state index contributed by atoms with van der Waals surface area (Å²) in [7, 11) is 0. The van der Waals surface area contributed by atoms with Crippen molar-refractivity contribution in [1.82, 2.24) is 9.13 Å². The van der Waals surface area contributed by atoms with Crippen LogP contribution < -0.4 is 0 Å². The van der Waals surface area contributed by atoms with Gasteiger partial charge in [0.15, 0.2) is 0 Å². The van der Waals surface area contributed by atoms with Crippen LogP contribution in [-0.4, -0.2) is 9.13 Å². The molecule has 7 heteroatoms. The molecule has 0 unspecified atom stereocenters. The molecule has 11 rings (SSSR count). The number of benzene rings is 9. The van der Waals surface area contributed by atoms with Crippen LogP contribution in [0.5, 0.6) is 0 Å². The number of hydrogen-bond donors (Lipinski definition) is 0. The summed E-state index contributed by atoms with van der Waals surface area (Å²) >= 11 is 0. The maximum atomic E-state index is 15.4. The molecule has 66 heavy (non-hydrogen) atoms. The highest BCUT2D eigenvalue weighted by Crippen LogP contribution is 2.49. The van der Waals surface area contributed by atoms with Gasteiger partial charge in [0.25, 0.3) is 0 Å². The molecule has 0 saturated heterocycles. The molecule has 0 N–H and O–H groups in total. The molecule has 4 nitrogen and oxygen atoms in total. The zero-order valence-corrected chi connectivity index (χ0v) is 35.8. The van der Waals surface area contributed by atoms with Crippen molar-refractivity contribution in [2.75, 3.05) is 0 Å². The number of hydrogen-bond acceptors (Lipinski definition) is 2. The summed E-state index contributed by atoms with van der Waals surface area (Å²) in [5.41, 5.74) is 11.5. The molecule has 314 valence electrons. The first-order valence-electron chi connectivity index (χ1n) is 21.6. The number of aromatic nitrogens is 2. The first-order chi connectivity index (χ1) is 32.1. The van der Waals surface area contributed by atoms with Crippen LogP contribution >= 0.6 is 0 Å². The van der Waals surface area contributed by atoms with Crippen LogP contribution in [0.15, 0.2) is 188 Å². The molecule has 0 aliphatic carbocycles. The van der Waals surface area contributed by atoms with Crippen LogP contribution in [0.1, 0.15) is 27.8 Å². The number of rotatable bonds is 6. The molecule has 0 fully saturated rings. The number of aryl methyl sites for hydroxylation is 2. The monoisotopic (exact) mass is 858 g/mol. The van der Waals surface area contributed by atoms with Crippen LogP contribution in [0, 0.1) is 36.5 Å². The molecule has 0 bridgehead atoms. The SMILES string of the molecule is Cc1ccccc1-c1ccc2c(c1)c1ccccc1n2-c1cccc(C#N)c1-c1c(-c2ccc(C#N)cc2C(F)(F)F)cccc1-n1c2ccccc2c2cc(-c3ccccc3C)ccc21. The topological polar surface area (TPSA) is 57.4 Å². The average Bonchev–Trinajstić information content (AvgIpc) is 3.85. The van der Waals surface area contributed by atoms with Crippen molar-refractivity contribution in [2.24, 2.45) is 0 Å². The highest BCUT2D eigenvalue weighted by Gasteiger charge is 2.36. The van der Waals surface area contributed by atoms with Crippen LogP contribution in [0.4, 0.5) is 13.2 Å². The quantitative estimate of drug-likeness (QED) is 0.167. The lowest BCUT2D eigenvalue weighted by Gasteiger charge is -2.24. The number of alkyl halides is 3. The summed E-state index contributed by atoms with van der Waals surface area (Å²) < 4.78 is 50.4. The number of para-hydroxylation sites is 2. The molecule has 0 saturated carbocycles. The Morgan fingerprint density at radius 3 is 1.42 bits per heavy atom. The highest BCUT2D eigenvalue weighted by atomic mass is 19.4. The normalized spacial score (nSPS) is 11.7. The standard InChI is InChI=1S/C59H37F3N4/c1-36-13-3-5-16-42(36)39-26-29-53-48(32-39)45-18-7-9-21-51(45)65(53)55-23-11-15-41(35-64)57(55)58-47(44-28-25-38(34-63)31-50(44)59(60,61)62)20-12-24-56(58)66-52-22-10-8-19-46(52)49-33-40(27-30-54(49)66)43-17-6-4-14-37(43)2/h3-33H,1-2H3. The maximum Gasteiger partial charge on any atom is 0.417 e. The van der Waals surface area contributed by atoms with Crippen LogP contribution in [0.3, 0.4) is 0 Å². The molecule has 2 heterocycles. The van der Waals surface area contributed by atoms with E-state index in [4.69, 9.17) is 0 Å². The minimum Gasteiger partial charge on any atom is -0.309 e.